The van der Waals surface area contributed by atoms with Crippen LogP contribution in [-0.4, -0.2) is 41.9 Å². The highest BCUT2D eigenvalue weighted by Crippen LogP contribution is 2.23. The summed E-state index contributed by atoms with van der Waals surface area (Å²) in [6.07, 6.45) is 1.04. The lowest BCUT2D eigenvalue weighted by Gasteiger charge is -2.31. The maximum Gasteiger partial charge on any atom is 0.317 e. The Morgan fingerprint density at radius 2 is 1.92 bits per heavy atom. The van der Waals surface area contributed by atoms with Crippen LogP contribution in [0.2, 0.25) is 0 Å². The van der Waals surface area contributed by atoms with Gasteiger partial charge in [-0.25, -0.2) is 22.8 Å². The zero-order valence-corrected chi connectivity index (χ0v) is 15.0. The Morgan fingerprint density at radius 3 is 2.60 bits per heavy atom. The van der Waals surface area contributed by atoms with Crippen LogP contribution in [0.15, 0.2) is 35.2 Å². The molecule has 25 heavy (non-hydrogen) atoms. The first-order valence-corrected chi connectivity index (χ1v) is 9.53. The van der Waals surface area contributed by atoms with Crippen LogP contribution < -0.4 is 4.74 Å². The first-order chi connectivity index (χ1) is 11.8. The monoisotopic (exact) mass is 365 g/mol. The van der Waals surface area contributed by atoms with Crippen LogP contribution in [0.4, 0.5) is 4.39 Å². The van der Waals surface area contributed by atoms with Gasteiger partial charge in [-0.15, -0.1) is 0 Å². The summed E-state index contributed by atoms with van der Waals surface area (Å²) in [7, 11) is -3.75. The van der Waals surface area contributed by atoms with E-state index in [2.05, 4.69) is 9.97 Å². The number of piperidine rings is 1. The summed E-state index contributed by atoms with van der Waals surface area (Å²) >= 11 is 0. The molecule has 1 aliphatic heterocycles. The lowest BCUT2D eigenvalue weighted by Crippen LogP contribution is -2.44. The van der Waals surface area contributed by atoms with Gasteiger partial charge in [0.2, 0.25) is 10.0 Å². The molecule has 1 unspecified atom stereocenters. The fraction of sp³-hybridized carbons (Fsp3) is 0.412. The highest BCUT2D eigenvalue weighted by molar-refractivity contribution is 7.89. The molecule has 1 aromatic heterocycles. The molecule has 0 N–H and O–H groups in total. The van der Waals surface area contributed by atoms with Crippen molar-refractivity contribution in [3.8, 4) is 6.01 Å². The molecule has 1 atom stereocenters. The Labute approximate surface area is 146 Å². The smallest absolute Gasteiger partial charge is 0.317 e. The van der Waals surface area contributed by atoms with E-state index in [0.29, 0.717) is 19.4 Å². The van der Waals surface area contributed by atoms with E-state index in [4.69, 9.17) is 4.74 Å². The van der Waals surface area contributed by atoms with Crippen LogP contribution in [0.1, 0.15) is 24.2 Å². The summed E-state index contributed by atoms with van der Waals surface area (Å²) in [5, 5.41) is 0. The van der Waals surface area contributed by atoms with Crippen LogP contribution in [0, 0.1) is 19.7 Å². The van der Waals surface area contributed by atoms with Gasteiger partial charge in [-0.1, -0.05) is 6.07 Å². The minimum absolute atomic E-state index is 0.0456. The van der Waals surface area contributed by atoms with Crippen LogP contribution >= 0.6 is 0 Å². The van der Waals surface area contributed by atoms with Gasteiger partial charge in [-0.3, -0.25) is 0 Å². The Morgan fingerprint density at radius 1 is 1.20 bits per heavy atom. The number of aromatic nitrogens is 2. The highest BCUT2D eigenvalue weighted by atomic mass is 32.2. The summed E-state index contributed by atoms with van der Waals surface area (Å²) in [6.45, 7) is 4.27. The molecule has 6 nitrogen and oxygen atoms in total. The molecule has 0 amide bonds. The fourth-order valence-corrected chi connectivity index (χ4v) is 4.43. The minimum atomic E-state index is -3.75. The third-order valence-electron chi connectivity index (χ3n) is 4.01. The Hall–Kier alpha value is -2.06. The lowest BCUT2D eigenvalue weighted by molar-refractivity contribution is 0.119. The van der Waals surface area contributed by atoms with E-state index in [1.807, 2.05) is 19.9 Å². The van der Waals surface area contributed by atoms with Crippen molar-refractivity contribution in [1.82, 2.24) is 14.3 Å². The molecule has 1 aromatic carbocycles. The van der Waals surface area contributed by atoms with Gasteiger partial charge in [-0.05, 0) is 51.0 Å². The standard InChI is InChI=1S/C17H20FN3O3S/c1-12-9-13(2)20-17(19-12)24-15-6-4-8-21(11-15)25(22,23)16-7-3-5-14(18)10-16/h3,5,7,9-10,15H,4,6,8,11H2,1-2H3. The van der Waals surface area contributed by atoms with E-state index < -0.39 is 15.8 Å². The number of halogens is 1. The molecular weight excluding hydrogens is 345 g/mol. The van der Waals surface area contributed by atoms with E-state index in [9.17, 15) is 12.8 Å². The highest BCUT2D eigenvalue weighted by Gasteiger charge is 2.31. The summed E-state index contributed by atoms with van der Waals surface area (Å²) in [5.74, 6) is -0.575. The van der Waals surface area contributed by atoms with Gasteiger partial charge in [0.15, 0.2) is 0 Å². The predicted octanol–water partition coefficient (Wildman–Crippen LogP) is 2.46. The second-order valence-corrected chi connectivity index (χ2v) is 8.07. The van der Waals surface area contributed by atoms with Crippen molar-refractivity contribution in [2.75, 3.05) is 13.1 Å². The van der Waals surface area contributed by atoms with E-state index in [1.165, 1.54) is 22.5 Å². The molecule has 1 aliphatic rings. The SMILES string of the molecule is Cc1cc(C)nc(OC2CCCN(S(=O)(=O)c3cccc(F)c3)C2)n1. The lowest BCUT2D eigenvalue weighted by atomic mass is 10.1. The van der Waals surface area contributed by atoms with Gasteiger partial charge in [0.25, 0.3) is 0 Å². The van der Waals surface area contributed by atoms with Gasteiger partial charge < -0.3 is 4.74 Å². The quantitative estimate of drug-likeness (QED) is 0.832. The summed E-state index contributed by atoms with van der Waals surface area (Å²) in [6, 6.07) is 7.15. The van der Waals surface area contributed by atoms with Crippen LogP contribution in [0.3, 0.4) is 0 Å². The first kappa shape index (κ1) is 17.8. The molecule has 0 saturated carbocycles. The topological polar surface area (TPSA) is 72.4 Å². The number of benzene rings is 1. The zero-order chi connectivity index (χ0) is 18.0. The second kappa shape index (κ2) is 7.05. The molecular formula is C17H20FN3O3S. The van der Waals surface area contributed by atoms with Crippen molar-refractivity contribution in [3.05, 3.63) is 47.5 Å². The molecule has 0 bridgehead atoms. The van der Waals surface area contributed by atoms with Gasteiger partial charge in [0.05, 0.1) is 11.4 Å². The number of nitrogens with zero attached hydrogens (tertiary/aromatic N) is 3. The third-order valence-corrected chi connectivity index (χ3v) is 5.87. The number of aryl methyl sites for hydroxylation is 2. The number of rotatable bonds is 4. The van der Waals surface area contributed by atoms with Crippen molar-refractivity contribution < 1.29 is 17.5 Å². The van der Waals surface area contributed by atoms with Crippen LogP contribution in [-0.2, 0) is 10.0 Å². The van der Waals surface area contributed by atoms with Gasteiger partial charge >= 0.3 is 6.01 Å². The molecule has 134 valence electrons. The van der Waals surface area contributed by atoms with E-state index >= 15 is 0 Å². The predicted molar refractivity (Wildman–Crippen MR) is 90.3 cm³/mol. The summed E-state index contributed by atoms with van der Waals surface area (Å²) in [4.78, 5) is 8.42. The van der Waals surface area contributed by atoms with Gasteiger partial charge in [0.1, 0.15) is 11.9 Å². The zero-order valence-electron chi connectivity index (χ0n) is 14.1. The molecule has 0 spiro atoms. The molecule has 2 heterocycles. The molecule has 2 aromatic rings. The maximum atomic E-state index is 13.4. The summed E-state index contributed by atoms with van der Waals surface area (Å²) < 4.78 is 45.9. The molecule has 0 aliphatic carbocycles. The van der Waals surface area contributed by atoms with Crippen molar-refractivity contribution in [3.63, 3.8) is 0 Å². The van der Waals surface area contributed by atoms with Gasteiger partial charge in [-0.2, -0.15) is 4.31 Å². The van der Waals surface area contributed by atoms with Gasteiger partial charge in [0, 0.05) is 17.9 Å². The van der Waals surface area contributed by atoms with E-state index in [0.717, 1.165) is 17.5 Å². The number of hydrogen-bond donors (Lipinski definition) is 0. The Kier molecular flexibility index (Phi) is 5.01. The molecule has 1 saturated heterocycles. The average Bonchev–Trinajstić information content (AvgIpc) is 2.54. The Balaban J connectivity index is 1.76. The average molecular weight is 365 g/mol. The molecule has 1 fully saturated rings. The minimum Gasteiger partial charge on any atom is -0.459 e. The summed E-state index contributed by atoms with van der Waals surface area (Å²) in [5.41, 5.74) is 1.59. The van der Waals surface area contributed by atoms with Crippen molar-refractivity contribution >= 4 is 10.0 Å². The first-order valence-electron chi connectivity index (χ1n) is 8.09. The van der Waals surface area contributed by atoms with E-state index in [-0.39, 0.29) is 23.6 Å². The van der Waals surface area contributed by atoms with Crippen molar-refractivity contribution in [2.45, 2.75) is 37.7 Å². The molecule has 0 radical (unpaired) electrons. The number of hydrogen-bond acceptors (Lipinski definition) is 5. The van der Waals surface area contributed by atoms with E-state index in [1.54, 1.807) is 0 Å². The second-order valence-electron chi connectivity index (χ2n) is 6.14. The Bertz CT molecular complexity index is 853. The van der Waals surface area contributed by atoms with Crippen molar-refractivity contribution in [2.24, 2.45) is 0 Å². The third kappa shape index (κ3) is 4.13. The van der Waals surface area contributed by atoms with Crippen molar-refractivity contribution in [1.29, 1.82) is 0 Å². The normalized spacial score (nSPS) is 18.9. The largest absolute Gasteiger partial charge is 0.459 e. The number of ether oxygens (including phenoxy) is 1. The number of sulfonamides is 1. The fourth-order valence-electron chi connectivity index (χ4n) is 2.89. The molecule has 3 rings (SSSR count). The maximum absolute atomic E-state index is 13.4. The van der Waals surface area contributed by atoms with Crippen LogP contribution in [0.5, 0.6) is 6.01 Å². The molecule has 8 heteroatoms. The van der Waals surface area contributed by atoms with Crippen LogP contribution in [0.25, 0.3) is 0 Å².